The van der Waals surface area contributed by atoms with Crippen molar-refractivity contribution in [1.29, 1.82) is 0 Å². The highest BCUT2D eigenvalue weighted by molar-refractivity contribution is 4.74. The second-order valence-corrected chi connectivity index (χ2v) is 5.04. The van der Waals surface area contributed by atoms with Crippen molar-refractivity contribution in [3.63, 3.8) is 0 Å². The molecule has 1 aliphatic rings. The van der Waals surface area contributed by atoms with E-state index in [0.717, 1.165) is 25.8 Å². The van der Waals surface area contributed by atoms with Crippen molar-refractivity contribution in [2.24, 2.45) is 0 Å². The van der Waals surface area contributed by atoms with Crippen LogP contribution in [0.25, 0.3) is 0 Å². The van der Waals surface area contributed by atoms with Gasteiger partial charge in [0.15, 0.2) is 0 Å². The molecule has 3 unspecified atom stereocenters. The number of nitrogens with one attached hydrogen (secondary N) is 1. The summed E-state index contributed by atoms with van der Waals surface area (Å²) in [7, 11) is 0. The largest absolute Gasteiger partial charge is 0.389 e. The second kappa shape index (κ2) is 8.03. The van der Waals surface area contributed by atoms with Crippen LogP contribution >= 0.6 is 0 Å². The van der Waals surface area contributed by atoms with Crippen LogP contribution in [0.4, 0.5) is 0 Å². The zero-order chi connectivity index (χ0) is 12.7. The van der Waals surface area contributed by atoms with Crippen molar-refractivity contribution in [2.75, 3.05) is 19.7 Å². The number of hydrogen-bond donors (Lipinski definition) is 2. The Balaban J connectivity index is 2.12. The van der Waals surface area contributed by atoms with Gasteiger partial charge in [0, 0.05) is 6.54 Å². The zero-order valence-electron chi connectivity index (χ0n) is 11.3. The minimum absolute atomic E-state index is 0.231. The molecule has 0 saturated carbocycles. The summed E-state index contributed by atoms with van der Waals surface area (Å²) in [4.78, 5) is 0. The highest BCUT2D eigenvalue weighted by atomic mass is 16.5. The van der Waals surface area contributed by atoms with Crippen molar-refractivity contribution in [3.05, 3.63) is 0 Å². The third kappa shape index (κ3) is 6.36. The molecule has 102 valence electrons. The summed E-state index contributed by atoms with van der Waals surface area (Å²) in [5.41, 5.74) is 0. The van der Waals surface area contributed by atoms with E-state index in [2.05, 4.69) is 26.1 Å². The molecule has 0 radical (unpaired) electrons. The Bertz CT molecular complexity index is 191. The van der Waals surface area contributed by atoms with Gasteiger partial charge in [-0.2, -0.15) is 0 Å². The summed E-state index contributed by atoms with van der Waals surface area (Å²) in [6.07, 6.45) is 3.30. The molecular formula is C13H27NO3. The van der Waals surface area contributed by atoms with Crippen LogP contribution in [0.2, 0.25) is 0 Å². The molecule has 0 aromatic heterocycles. The summed E-state index contributed by atoms with van der Waals surface area (Å²) in [5.74, 6) is 0. The molecule has 1 saturated heterocycles. The molecule has 1 fully saturated rings. The monoisotopic (exact) mass is 245 g/mol. The smallest absolute Gasteiger partial charge is 0.0897 e. The maximum absolute atomic E-state index is 9.72. The molecular weight excluding hydrogens is 218 g/mol. The van der Waals surface area contributed by atoms with E-state index in [4.69, 9.17) is 9.47 Å². The van der Waals surface area contributed by atoms with E-state index in [9.17, 15) is 5.11 Å². The Morgan fingerprint density at radius 2 is 2.00 bits per heavy atom. The van der Waals surface area contributed by atoms with Crippen molar-refractivity contribution >= 4 is 0 Å². The molecule has 0 aromatic carbocycles. The average molecular weight is 245 g/mol. The van der Waals surface area contributed by atoms with Crippen molar-refractivity contribution < 1.29 is 14.6 Å². The number of rotatable bonds is 7. The van der Waals surface area contributed by atoms with Gasteiger partial charge in [-0.1, -0.05) is 6.92 Å². The number of aliphatic hydroxyl groups is 1. The summed E-state index contributed by atoms with van der Waals surface area (Å²) in [6, 6.07) is 0. The van der Waals surface area contributed by atoms with Crippen molar-refractivity contribution in [3.8, 4) is 0 Å². The van der Waals surface area contributed by atoms with Gasteiger partial charge < -0.3 is 19.9 Å². The number of hydrogen-bond acceptors (Lipinski definition) is 4. The maximum Gasteiger partial charge on any atom is 0.0897 e. The van der Waals surface area contributed by atoms with Crippen LogP contribution in [-0.4, -0.2) is 49.2 Å². The lowest BCUT2D eigenvalue weighted by Crippen LogP contribution is -2.37. The first-order chi connectivity index (χ1) is 8.11. The van der Waals surface area contributed by atoms with E-state index in [1.165, 1.54) is 0 Å². The first-order valence-electron chi connectivity index (χ1n) is 6.77. The van der Waals surface area contributed by atoms with E-state index in [1.54, 1.807) is 0 Å². The molecule has 0 spiro atoms. The van der Waals surface area contributed by atoms with Crippen molar-refractivity contribution in [1.82, 2.24) is 5.32 Å². The van der Waals surface area contributed by atoms with Crippen LogP contribution in [-0.2, 0) is 9.47 Å². The van der Waals surface area contributed by atoms with E-state index in [0.29, 0.717) is 13.2 Å². The Kier molecular flexibility index (Phi) is 7.04. The molecule has 3 atom stereocenters. The Morgan fingerprint density at radius 1 is 1.35 bits per heavy atom. The fourth-order valence-electron chi connectivity index (χ4n) is 2.23. The molecule has 17 heavy (non-hydrogen) atoms. The third-order valence-electron chi connectivity index (χ3n) is 2.99. The highest BCUT2D eigenvalue weighted by Crippen LogP contribution is 2.21. The standard InChI is InChI=1S/C13H27NO3/c1-4-5-14-8-12(15)9-16-13-6-10(2)17-11(3)7-13/h10-15H,4-9H2,1-3H3. The average Bonchev–Trinajstić information content (AvgIpc) is 2.25. The lowest BCUT2D eigenvalue weighted by atomic mass is 10.0. The molecule has 0 aliphatic carbocycles. The number of aliphatic hydroxyl groups excluding tert-OH is 1. The van der Waals surface area contributed by atoms with Crippen molar-refractivity contribution in [2.45, 2.75) is 64.4 Å². The second-order valence-electron chi connectivity index (χ2n) is 5.04. The predicted molar refractivity (Wildman–Crippen MR) is 68.2 cm³/mol. The fraction of sp³-hybridized carbons (Fsp3) is 1.00. The van der Waals surface area contributed by atoms with Gasteiger partial charge in [-0.15, -0.1) is 0 Å². The summed E-state index contributed by atoms with van der Waals surface area (Å²) in [6.45, 7) is 8.24. The van der Waals surface area contributed by atoms with E-state index >= 15 is 0 Å². The molecule has 1 heterocycles. The molecule has 1 aliphatic heterocycles. The normalized spacial score (nSPS) is 31.4. The first-order valence-corrected chi connectivity index (χ1v) is 6.77. The maximum atomic E-state index is 9.72. The molecule has 0 bridgehead atoms. The van der Waals surface area contributed by atoms with Gasteiger partial charge in [-0.05, 0) is 39.7 Å². The van der Waals surface area contributed by atoms with Gasteiger partial charge >= 0.3 is 0 Å². The van der Waals surface area contributed by atoms with Crippen LogP contribution in [0, 0.1) is 0 Å². The molecule has 4 nitrogen and oxygen atoms in total. The van der Waals surface area contributed by atoms with Crippen LogP contribution in [0.1, 0.15) is 40.0 Å². The third-order valence-corrected chi connectivity index (χ3v) is 2.99. The summed E-state index contributed by atoms with van der Waals surface area (Å²) < 4.78 is 11.4. The van der Waals surface area contributed by atoms with Gasteiger partial charge in [-0.3, -0.25) is 0 Å². The number of ether oxygens (including phenoxy) is 2. The lowest BCUT2D eigenvalue weighted by molar-refractivity contribution is -0.113. The minimum atomic E-state index is -0.407. The Morgan fingerprint density at radius 3 is 2.59 bits per heavy atom. The molecule has 4 heteroatoms. The van der Waals surface area contributed by atoms with Crippen LogP contribution < -0.4 is 5.32 Å². The van der Waals surface area contributed by atoms with Gasteiger partial charge in [-0.25, -0.2) is 0 Å². The molecule has 0 aromatic rings. The predicted octanol–water partition coefficient (Wildman–Crippen LogP) is 1.32. The van der Waals surface area contributed by atoms with E-state index in [1.807, 2.05) is 0 Å². The van der Waals surface area contributed by atoms with Gasteiger partial charge in [0.1, 0.15) is 0 Å². The molecule has 1 rings (SSSR count). The fourth-order valence-corrected chi connectivity index (χ4v) is 2.23. The molecule has 2 N–H and O–H groups in total. The highest BCUT2D eigenvalue weighted by Gasteiger charge is 2.25. The minimum Gasteiger partial charge on any atom is -0.389 e. The van der Waals surface area contributed by atoms with E-state index in [-0.39, 0.29) is 18.3 Å². The van der Waals surface area contributed by atoms with Gasteiger partial charge in [0.2, 0.25) is 0 Å². The van der Waals surface area contributed by atoms with Gasteiger partial charge in [0.05, 0.1) is 31.0 Å². The molecule has 0 amide bonds. The Hall–Kier alpha value is -0.160. The Labute approximate surface area is 105 Å². The quantitative estimate of drug-likeness (QED) is 0.664. The lowest BCUT2D eigenvalue weighted by Gasteiger charge is -2.32. The van der Waals surface area contributed by atoms with E-state index < -0.39 is 6.10 Å². The van der Waals surface area contributed by atoms with Crippen LogP contribution in [0.15, 0.2) is 0 Å². The summed E-state index contributed by atoms with van der Waals surface area (Å²) >= 11 is 0. The van der Waals surface area contributed by atoms with Crippen LogP contribution in [0.5, 0.6) is 0 Å². The summed E-state index contributed by atoms with van der Waals surface area (Å²) in [5, 5.41) is 12.9. The van der Waals surface area contributed by atoms with Crippen LogP contribution in [0.3, 0.4) is 0 Å². The first kappa shape index (κ1) is 14.9. The van der Waals surface area contributed by atoms with Gasteiger partial charge in [0.25, 0.3) is 0 Å². The SMILES string of the molecule is CCCNCC(O)COC1CC(C)OC(C)C1. The zero-order valence-corrected chi connectivity index (χ0v) is 11.3. The topological polar surface area (TPSA) is 50.7 Å².